The molecule has 0 N–H and O–H groups in total. The smallest absolute Gasteiger partial charge is 0.330 e. The van der Waals surface area contributed by atoms with Crippen LogP contribution < -0.4 is 0 Å². The molecule has 1 radical (unpaired) electrons. The van der Waals surface area contributed by atoms with Crippen LogP contribution in [0.25, 0.3) is 0 Å². The van der Waals surface area contributed by atoms with E-state index in [0.717, 1.165) is 29.2 Å². The van der Waals surface area contributed by atoms with Crippen molar-refractivity contribution in [3.63, 3.8) is 0 Å². The van der Waals surface area contributed by atoms with Gasteiger partial charge in [0, 0.05) is 49.9 Å². The summed E-state index contributed by atoms with van der Waals surface area (Å²) in [5.41, 5.74) is 4.35. The van der Waals surface area contributed by atoms with Gasteiger partial charge in [0.1, 0.15) is 6.61 Å². The van der Waals surface area contributed by atoms with Gasteiger partial charge in [-0.2, -0.15) is 35.9 Å². The van der Waals surface area contributed by atoms with Gasteiger partial charge in [0.15, 0.2) is 5.78 Å². The first kappa shape index (κ1) is 32.6. The summed E-state index contributed by atoms with van der Waals surface area (Å²) in [6, 6.07) is 26.5. The Morgan fingerprint density at radius 2 is 1.32 bits per heavy atom. The third kappa shape index (κ3) is 12.6. The number of ketones is 1. The molecule has 37 heavy (non-hydrogen) atoms. The zero-order valence-corrected chi connectivity index (χ0v) is 25.7. The van der Waals surface area contributed by atoms with Crippen molar-refractivity contribution in [2.45, 2.75) is 59.2 Å². The maximum Gasteiger partial charge on any atom is 0.330 e. The van der Waals surface area contributed by atoms with E-state index in [9.17, 15) is 9.59 Å². The van der Waals surface area contributed by atoms with Crippen LogP contribution in [-0.4, -0.2) is 29.6 Å². The molecule has 0 fully saturated rings. The van der Waals surface area contributed by atoms with E-state index in [-0.39, 0.29) is 50.7 Å². The first-order valence-corrected chi connectivity index (χ1v) is 12.0. The first-order chi connectivity index (χ1) is 16.9. The molecule has 0 heterocycles. The van der Waals surface area contributed by atoms with Crippen molar-refractivity contribution in [3.8, 4) is 0 Å². The third-order valence-electron chi connectivity index (χ3n) is 5.04. The summed E-state index contributed by atoms with van der Waals surface area (Å²) in [4.78, 5) is 23.3. The van der Waals surface area contributed by atoms with Gasteiger partial charge in [-0.3, -0.25) is 4.79 Å². The van der Waals surface area contributed by atoms with E-state index in [4.69, 9.17) is 9.47 Å². The van der Waals surface area contributed by atoms with Gasteiger partial charge in [-0.1, -0.05) is 60.7 Å². The van der Waals surface area contributed by atoms with E-state index in [1.165, 1.54) is 11.1 Å². The maximum atomic E-state index is 12.4. The van der Waals surface area contributed by atoms with Crippen LogP contribution in [0.4, 0.5) is 0 Å². The summed E-state index contributed by atoms with van der Waals surface area (Å²) in [5.74, 6) is -0.351. The predicted octanol–water partition coefficient (Wildman–Crippen LogP) is 6.92. The Bertz CT molecular complexity index is 1130. The molecule has 3 rings (SSSR count). The molecule has 0 atom stereocenters. The molecule has 0 amide bonds. The molecule has 0 aromatic heterocycles. The number of benzene rings is 3. The van der Waals surface area contributed by atoms with Crippen molar-refractivity contribution >= 4 is 11.8 Å². The molecule has 0 bridgehead atoms. The standard InChI is InChI=1S/C21H17O.C11H20O3.Y/c1-16-7-11-19(12-8-16)21(22)20-13-9-18(10-14-20)15-17-5-3-2-4-6-17;1-7-9(12)13-8-11(5,6)14-10(2,3)4;/h3-14H,15H2,1H3;7H,1,8H2,2-6H3;/q-1;;. The van der Waals surface area contributed by atoms with Crippen molar-refractivity contribution in [1.82, 2.24) is 0 Å². The van der Waals surface area contributed by atoms with Crippen molar-refractivity contribution in [2.24, 2.45) is 0 Å². The second-order valence-electron chi connectivity index (χ2n) is 10.3. The minimum absolute atomic E-state index is 0. The summed E-state index contributed by atoms with van der Waals surface area (Å²) < 4.78 is 10.6. The molecule has 0 saturated heterocycles. The Hall–Kier alpha value is -2.40. The molecule has 0 spiro atoms. The van der Waals surface area contributed by atoms with Crippen LogP contribution in [0.1, 0.15) is 67.2 Å². The molecule has 0 aliphatic rings. The zero-order valence-electron chi connectivity index (χ0n) is 22.8. The van der Waals surface area contributed by atoms with Crippen LogP contribution in [0.15, 0.2) is 85.5 Å². The Balaban J connectivity index is 0.000000401. The van der Waals surface area contributed by atoms with E-state index in [0.29, 0.717) is 0 Å². The minimum Gasteiger partial charge on any atom is -0.459 e. The number of carbonyl (C=O) groups is 2. The van der Waals surface area contributed by atoms with E-state index in [1.54, 1.807) is 0 Å². The van der Waals surface area contributed by atoms with Crippen LogP contribution in [-0.2, 0) is 53.4 Å². The summed E-state index contributed by atoms with van der Waals surface area (Å²) in [6.07, 6.45) is 2.01. The molecule has 0 saturated carbocycles. The van der Waals surface area contributed by atoms with Gasteiger partial charge in [-0.15, -0.1) is 0 Å². The van der Waals surface area contributed by atoms with E-state index in [2.05, 4.69) is 24.8 Å². The summed E-state index contributed by atoms with van der Waals surface area (Å²) in [7, 11) is 0. The largest absolute Gasteiger partial charge is 0.459 e. The number of hydrogen-bond donors (Lipinski definition) is 0. The number of esters is 1. The second-order valence-corrected chi connectivity index (χ2v) is 10.3. The number of carbonyl (C=O) groups excluding carboxylic acids is 2. The van der Waals surface area contributed by atoms with Gasteiger partial charge in [0.25, 0.3) is 0 Å². The third-order valence-corrected chi connectivity index (χ3v) is 5.04. The van der Waals surface area contributed by atoms with Crippen molar-refractivity contribution < 1.29 is 51.8 Å². The molecular weight excluding hydrogens is 537 g/mol. The van der Waals surface area contributed by atoms with Gasteiger partial charge in [0.2, 0.25) is 0 Å². The molecule has 4 nitrogen and oxygen atoms in total. The number of rotatable bonds is 8. The van der Waals surface area contributed by atoms with Gasteiger partial charge < -0.3 is 9.47 Å². The molecule has 0 aliphatic carbocycles. The first-order valence-electron chi connectivity index (χ1n) is 12.0. The molecule has 3 aromatic rings. The topological polar surface area (TPSA) is 52.6 Å². The van der Waals surface area contributed by atoms with Gasteiger partial charge in [-0.05, 0) is 53.5 Å². The number of aryl methyl sites for hydroxylation is 1. The number of ether oxygens (including phenoxy) is 2. The van der Waals surface area contributed by atoms with Gasteiger partial charge >= 0.3 is 5.97 Å². The summed E-state index contributed by atoms with van der Waals surface area (Å²) in [5, 5.41) is 0. The van der Waals surface area contributed by atoms with Crippen molar-refractivity contribution in [3.05, 3.63) is 119 Å². The number of hydrogen-bond acceptors (Lipinski definition) is 4. The van der Waals surface area contributed by atoms with Crippen molar-refractivity contribution in [1.29, 1.82) is 0 Å². The Labute approximate surface area is 247 Å². The van der Waals surface area contributed by atoms with Crippen LogP contribution in [0.2, 0.25) is 0 Å². The Kier molecular flexibility index (Phi) is 13.3. The van der Waals surface area contributed by atoms with E-state index < -0.39 is 11.6 Å². The fourth-order valence-electron chi connectivity index (χ4n) is 3.58. The van der Waals surface area contributed by atoms with Gasteiger partial charge in [0.05, 0.1) is 11.2 Å². The molecule has 0 aliphatic heterocycles. The minimum atomic E-state index is -0.475. The predicted molar refractivity (Wildman–Crippen MR) is 145 cm³/mol. The summed E-state index contributed by atoms with van der Waals surface area (Å²) in [6.45, 7) is 15.2. The fraction of sp³-hybridized carbons (Fsp3) is 0.312. The van der Waals surface area contributed by atoms with Gasteiger partial charge in [-0.25, -0.2) is 4.79 Å². The van der Waals surface area contributed by atoms with Crippen LogP contribution in [0, 0.1) is 13.0 Å². The average molecular weight is 575 g/mol. The monoisotopic (exact) mass is 574 g/mol. The fourth-order valence-corrected chi connectivity index (χ4v) is 3.58. The summed E-state index contributed by atoms with van der Waals surface area (Å²) >= 11 is 0. The van der Waals surface area contributed by atoms with Crippen LogP contribution in [0.3, 0.4) is 0 Å². The molecule has 0 unspecified atom stereocenters. The second kappa shape index (κ2) is 15.1. The average Bonchev–Trinajstić information content (AvgIpc) is 2.83. The van der Waals surface area contributed by atoms with Crippen LogP contribution >= 0.6 is 0 Å². The normalized spacial score (nSPS) is 10.9. The molecule has 3 aromatic carbocycles. The van der Waals surface area contributed by atoms with E-state index >= 15 is 0 Å². The molecular formula is C32H37O4Y-. The maximum absolute atomic E-state index is 12.4. The SMILES string of the molecule is C=CC(=O)OCC(C)(C)OC(C)(C)C.Cc1ccc(C(=O)c2ccc(Cc3cc[c-]cc3)cc2)cc1.[Y]. The molecule has 5 heteroatoms. The Morgan fingerprint density at radius 1 is 0.838 bits per heavy atom. The zero-order chi connectivity index (χ0) is 26.8. The molecule has 193 valence electrons. The van der Waals surface area contributed by atoms with Crippen molar-refractivity contribution in [2.75, 3.05) is 6.61 Å². The van der Waals surface area contributed by atoms with E-state index in [1.807, 2.05) is 102 Å². The van der Waals surface area contributed by atoms with Crippen LogP contribution in [0.5, 0.6) is 0 Å². The quantitative estimate of drug-likeness (QED) is 0.127. The Morgan fingerprint density at radius 3 is 1.81 bits per heavy atom.